The van der Waals surface area contributed by atoms with Crippen LogP contribution in [0.25, 0.3) is 0 Å². The van der Waals surface area contributed by atoms with Crippen molar-refractivity contribution in [1.29, 1.82) is 5.26 Å². The Morgan fingerprint density at radius 2 is 1.92 bits per heavy atom. The highest BCUT2D eigenvalue weighted by molar-refractivity contribution is 5.81. The van der Waals surface area contributed by atoms with E-state index in [0.717, 1.165) is 50.9 Å². The van der Waals surface area contributed by atoms with E-state index in [0.29, 0.717) is 18.1 Å². The highest BCUT2D eigenvalue weighted by Gasteiger charge is 2.36. The third-order valence-electron chi connectivity index (χ3n) is 5.71. The zero-order chi connectivity index (χ0) is 17.4. The van der Waals surface area contributed by atoms with Gasteiger partial charge in [-0.3, -0.25) is 4.79 Å². The number of hydrogen-bond acceptors (Lipinski definition) is 3. The van der Waals surface area contributed by atoms with Gasteiger partial charge in [-0.05, 0) is 44.3 Å². The Kier molecular flexibility index (Phi) is 6.99. The lowest BCUT2D eigenvalue weighted by Gasteiger charge is -2.38. The second kappa shape index (κ2) is 8.99. The van der Waals surface area contributed by atoms with Crippen LogP contribution in [0.2, 0.25) is 0 Å². The molecule has 1 aliphatic carbocycles. The zero-order valence-electron chi connectivity index (χ0n) is 14.8. The number of likely N-dealkylation sites (tertiary alicyclic amines) is 1. The number of allylic oxidation sites excluding steroid dienone is 4. The Hall–Kier alpha value is -1.66. The van der Waals surface area contributed by atoms with Crippen molar-refractivity contribution in [1.82, 2.24) is 4.90 Å². The maximum Gasteiger partial charge on any atom is 0.137 e. The maximum atomic E-state index is 12.3. The largest absolute Gasteiger partial charge is 0.303 e. The molecule has 0 spiro atoms. The van der Waals surface area contributed by atoms with E-state index in [1.165, 1.54) is 19.3 Å². The lowest BCUT2D eigenvalue weighted by molar-refractivity contribution is -0.124. The van der Waals surface area contributed by atoms with Crippen molar-refractivity contribution in [2.24, 2.45) is 11.3 Å². The van der Waals surface area contributed by atoms with Gasteiger partial charge in [-0.25, -0.2) is 0 Å². The predicted molar refractivity (Wildman–Crippen MR) is 98.4 cm³/mol. The fourth-order valence-electron chi connectivity index (χ4n) is 3.90. The summed E-state index contributed by atoms with van der Waals surface area (Å²) in [7, 11) is 0. The summed E-state index contributed by atoms with van der Waals surface area (Å²) >= 11 is 0. The second-order valence-corrected chi connectivity index (χ2v) is 7.21. The summed E-state index contributed by atoms with van der Waals surface area (Å²) in [6, 6.07) is 2.48. The van der Waals surface area contributed by atoms with Crippen molar-refractivity contribution in [2.75, 3.05) is 19.6 Å². The summed E-state index contributed by atoms with van der Waals surface area (Å²) < 4.78 is 0. The highest BCUT2D eigenvalue weighted by atomic mass is 16.1. The van der Waals surface area contributed by atoms with Crippen molar-refractivity contribution in [3.8, 4) is 6.07 Å². The van der Waals surface area contributed by atoms with E-state index in [1.807, 2.05) is 12.2 Å². The number of nitrogens with zero attached hydrogens (tertiary/aromatic N) is 2. The molecule has 0 atom stereocenters. The van der Waals surface area contributed by atoms with Gasteiger partial charge in [0, 0.05) is 18.9 Å². The van der Waals surface area contributed by atoms with E-state index < -0.39 is 5.41 Å². The minimum atomic E-state index is -0.455. The Bertz CT molecular complexity index is 527. The number of carbonyl (C=O) groups excluding carboxylic acids is 1. The van der Waals surface area contributed by atoms with E-state index in [9.17, 15) is 10.1 Å². The molecular weight excluding hydrogens is 296 g/mol. The maximum absolute atomic E-state index is 12.3. The summed E-state index contributed by atoms with van der Waals surface area (Å²) in [5.41, 5.74) is 0.423. The van der Waals surface area contributed by atoms with Gasteiger partial charge in [-0.2, -0.15) is 5.26 Å². The van der Waals surface area contributed by atoms with Gasteiger partial charge < -0.3 is 4.90 Å². The quantitative estimate of drug-likeness (QED) is 0.650. The van der Waals surface area contributed by atoms with Gasteiger partial charge >= 0.3 is 0 Å². The summed E-state index contributed by atoms with van der Waals surface area (Å²) in [5.74, 6) is 0.760. The molecule has 0 unspecified atom stereocenters. The normalized spacial score (nSPS) is 22.1. The van der Waals surface area contributed by atoms with E-state index in [4.69, 9.17) is 0 Å². The van der Waals surface area contributed by atoms with Crippen LogP contribution >= 0.6 is 0 Å². The molecule has 3 nitrogen and oxygen atoms in total. The zero-order valence-corrected chi connectivity index (χ0v) is 14.8. The minimum absolute atomic E-state index is 0.311. The second-order valence-electron chi connectivity index (χ2n) is 7.21. The molecule has 0 N–H and O–H groups in total. The number of hydrogen-bond donors (Lipinski definition) is 0. The Morgan fingerprint density at radius 1 is 1.25 bits per heavy atom. The van der Waals surface area contributed by atoms with E-state index in [-0.39, 0.29) is 0 Å². The summed E-state index contributed by atoms with van der Waals surface area (Å²) in [5, 5.41) is 9.64. The van der Waals surface area contributed by atoms with Gasteiger partial charge in [-0.1, -0.05) is 50.6 Å². The third-order valence-corrected chi connectivity index (χ3v) is 5.71. The first-order valence-corrected chi connectivity index (χ1v) is 9.26. The summed E-state index contributed by atoms with van der Waals surface area (Å²) in [6.45, 7) is 10.3. The smallest absolute Gasteiger partial charge is 0.137 e. The van der Waals surface area contributed by atoms with Crippen LogP contribution in [0, 0.1) is 22.7 Å². The van der Waals surface area contributed by atoms with E-state index >= 15 is 0 Å². The summed E-state index contributed by atoms with van der Waals surface area (Å²) in [6.07, 6.45) is 13.6. The van der Waals surface area contributed by atoms with Crippen LogP contribution in [-0.4, -0.2) is 30.3 Å². The van der Waals surface area contributed by atoms with Crippen LogP contribution in [0.15, 0.2) is 37.0 Å². The number of Topliss-reactive ketones (excluding diaryl/α,β-unsaturated/α-hetero) is 1. The van der Waals surface area contributed by atoms with Gasteiger partial charge in [0.1, 0.15) is 5.78 Å². The first-order chi connectivity index (χ1) is 11.6. The van der Waals surface area contributed by atoms with Crippen molar-refractivity contribution in [3.05, 3.63) is 37.0 Å². The van der Waals surface area contributed by atoms with Crippen LogP contribution in [0.3, 0.4) is 0 Å². The van der Waals surface area contributed by atoms with Gasteiger partial charge in [0.05, 0.1) is 11.5 Å². The molecule has 130 valence electrons. The van der Waals surface area contributed by atoms with E-state index in [1.54, 1.807) is 6.08 Å². The lowest BCUT2D eigenvalue weighted by atomic mass is 9.74. The minimum Gasteiger partial charge on any atom is -0.303 e. The molecule has 0 aromatic heterocycles. The number of nitriles is 1. The van der Waals surface area contributed by atoms with Gasteiger partial charge in [0.25, 0.3) is 0 Å². The van der Waals surface area contributed by atoms with Crippen molar-refractivity contribution >= 4 is 5.78 Å². The van der Waals surface area contributed by atoms with Gasteiger partial charge in [-0.15, -0.1) is 0 Å². The van der Waals surface area contributed by atoms with Crippen LogP contribution in [0.1, 0.15) is 51.4 Å². The fourth-order valence-corrected chi connectivity index (χ4v) is 3.90. The molecule has 0 amide bonds. The Morgan fingerprint density at radius 3 is 2.50 bits per heavy atom. The topological polar surface area (TPSA) is 44.1 Å². The molecule has 0 aromatic carbocycles. The molecule has 0 radical (unpaired) electrons. The van der Waals surface area contributed by atoms with Crippen LogP contribution in [0.4, 0.5) is 0 Å². The first-order valence-electron chi connectivity index (χ1n) is 9.26. The van der Waals surface area contributed by atoms with E-state index in [2.05, 4.69) is 24.1 Å². The van der Waals surface area contributed by atoms with Crippen molar-refractivity contribution in [2.45, 2.75) is 51.4 Å². The molecule has 0 bridgehead atoms. The molecule has 1 heterocycles. The van der Waals surface area contributed by atoms with Gasteiger partial charge in [0.2, 0.25) is 0 Å². The molecule has 1 saturated heterocycles. The molecule has 1 aliphatic heterocycles. The number of piperidine rings is 1. The SMILES string of the molecule is C=C/C=C\C(=C)C1(C#N)CCN(CCC(=O)C2CCCCC2)CC1. The average molecular weight is 326 g/mol. The standard InChI is InChI=1S/C21H30N2O/c1-3-4-8-18(2)21(17-22)12-15-23(16-13-21)14-11-20(24)19-9-6-5-7-10-19/h3-4,8,19H,1-2,5-7,9-16H2/b8-4-. The average Bonchev–Trinajstić information content (AvgIpc) is 2.65. The molecule has 2 fully saturated rings. The van der Waals surface area contributed by atoms with Gasteiger partial charge in [0.15, 0.2) is 0 Å². The Balaban J connectivity index is 1.80. The molecule has 2 rings (SSSR count). The fraction of sp³-hybridized carbons (Fsp3) is 0.619. The molecule has 3 heteroatoms. The molecule has 1 saturated carbocycles. The first kappa shape index (κ1) is 18.7. The number of ketones is 1. The molecule has 2 aliphatic rings. The van der Waals surface area contributed by atoms with Crippen LogP contribution in [-0.2, 0) is 4.79 Å². The molecule has 0 aromatic rings. The monoisotopic (exact) mass is 326 g/mol. The third kappa shape index (κ3) is 4.68. The molecular formula is C21H30N2O. The van der Waals surface area contributed by atoms with Crippen LogP contribution in [0.5, 0.6) is 0 Å². The molecule has 24 heavy (non-hydrogen) atoms. The summed E-state index contributed by atoms with van der Waals surface area (Å²) in [4.78, 5) is 14.7. The lowest BCUT2D eigenvalue weighted by Crippen LogP contribution is -2.41. The van der Waals surface area contributed by atoms with Crippen LogP contribution < -0.4 is 0 Å². The predicted octanol–water partition coefficient (Wildman–Crippen LogP) is 4.43. The number of carbonyl (C=O) groups is 1. The van der Waals surface area contributed by atoms with Crippen molar-refractivity contribution in [3.63, 3.8) is 0 Å². The Labute approximate surface area is 146 Å². The highest BCUT2D eigenvalue weighted by Crippen LogP contribution is 2.38. The number of rotatable bonds is 7. The van der Waals surface area contributed by atoms with Crippen molar-refractivity contribution < 1.29 is 4.79 Å².